The lowest BCUT2D eigenvalue weighted by molar-refractivity contribution is -0.0223. The Hall–Kier alpha value is -2.38. The number of nitrogens with two attached hydrogens (primary N) is 1. The molecule has 2 N–H and O–H groups in total. The maximum Gasteiger partial charge on any atom is 0.410 e. The molecule has 2 aromatic rings. The monoisotopic (exact) mass is 426 g/mol. The number of aromatic nitrogens is 1. The molecule has 0 bridgehead atoms. The minimum Gasteiger partial charge on any atom is -0.447 e. The van der Waals surface area contributed by atoms with Crippen LogP contribution in [-0.4, -0.2) is 66.5 Å². The third-order valence-corrected chi connectivity index (χ3v) is 6.30. The number of ether oxygens (including phenoxy) is 2. The number of fused-ring (bicyclic) bond motifs is 1. The van der Waals surface area contributed by atoms with Gasteiger partial charge in [0.2, 0.25) is 0 Å². The third kappa shape index (κ3) is 5.10. The van der Waals surface area contributed by atoms with Gasteiger partial charge in [0.15, 0.2) is 0 Å². The van der Waals surface area contributed by atoms with Crippen LogP contribution in [0.25, 0.3) is 10.8 Å². The fraction of sp³-hybridized carbons (Fsp3) is 0.583. The molecule has 0 unspecified atom stereocenters. The first kappa shape index (κ1) is 21.8. The fourth-order valence-corrected chi connectivity index (χ4v) is 4.62. The molecule has 1 aromatic carbocycles. The van der Waals surface area contributed by atoms with Crippen LogP contribution < -0.4 is 10.6 Å². The molecule has 2 aliphatic rings. The highest BCUT2D eigenvalue weighted by Gasteiger charge is 2.34. The second-order valence-corrected chi connectivity index (χ2v) is 8.87. The summed E-state index contributed by atoms with van der Waals surface area (Å²) in [7, 11) is 0. The summed E-state index contributed by atoms with van der Waals surface area (Å²) in [6.45, 7) is 6.69. The summed E-state index contributed by atoms with van der Waals surface area (Å²) >= 11 is 0. The highest BCUT2D eigenvalue weighted by atomic mass is 16.6. The van der Waals surface area contributed by atoms with Crippen molar-refractivity contribution in [1.82, 2.24) is 9.88 Å². The quantitative estimate of drug-likeness (QED) is 0.787. The fourth-order valence-electron chi connectivity index (χ4n) is 4.62. The first-order valence-corrected chi connectivity index (χ1v) is 11.5. The van der Waals surface area contributed by atoms with E-state index < -0.39 is 0 Å². The summed E-state index contributed by atoms with van der Waals surface area (Å²) in [4.78, 5) is 21.3. The zero-order chi connectivity index (χ0) is 21.8. The van der Waals surface area contributed by atoms with Gasteiger partial charge in [0.05, 0.1) is 24.9 Å². The van der Waals surface area contributed by atoms with E-state index in [9.17, 15) is 4.79 Å². The summed E-state index contributed by atoms with van der Waals surface area (Å²) in [5.41, 5.74) is 6.36. The van der Waals surface area contributed by atoms with E-state index in [1.165, 1.54) is 10.8 Å². The van der Waals surface area contributed by atoms with E-state index in [4.69, 9.17) is 15.2 Å². The van der Waals surface area contributed by atoms with E-state index >= 15 is 0 Å². The van der Waals surface area contributed by atoms with Crippen LogP contribution in [0.5, 0.6) is 0 Å². The van der Waals surface area contributed by atoms with Crippen LogP contribution in [0.15, 0.2) is 36.5 Å². The van der Waals surface area contributed by atoms with Crippen molar-refractivity contribution in [3.05, 3.63) is 36.5 Å². The molecule has 7 nitrogen and oxygen atoms in total. The van der Waals surface area contributed by atoms with E-state index in [1.54, 1.807) is 4.90 Å². The Morgan fingerprint density at radius 1 is 1.16 bits per heavy atom. The number of piperidine rings is 2. The lowest BCUT2D eigenvalue weighted by Gasteiger charge is -2.40. The Labute approximate surface area is 184 Å². The number of amides is 1. The van der Waals surface area contributed by atoms with E-state index in [2.05, 4.69) is 40.2 Å². The molecule has 2 atom stereocenters. The number of carbonyl (C=O) groups is 1. The second-order valence-electron chi connectivity index (χ2n) is 8.87. The third-order valence-electron chi connectivity index (χ3n) is 6.30. The van der Waals surface area contributed by atoms with Gasteiger partial charge in [-0.15, -0.1) is 0 Å². The Kier molecular flexibility index (Phi) is 6.92. The zero-order valence-corrected chi connectivity index (χ0v) is 18.6. The smallest absolute Gasteiger partial charge is 0.410 e. The number of pyridine rings is 1. The molecule has 1 amide bonds. The molecule has 0 radical (unpaired) electrons. The largest absolute Gasteiger partial charge is 0.447 e. The van der Waals surface area contributed by atoms with E-state index in [1.807, 2.05) is 20.0 Å². The number of nitrogens with zero attached hydrogens (tertiary/aromatic N) is 3. The Balaban J connectivity index is 1.33. The van der Waals surface area contributed by atoms with Crippen LogP contribution in [0.4, 0.5) is 10.6 Å². The molecule has 4 rings (SSSR count). The van der Waals surface area contributed by atoms with Gasteiger partial charge in [0.1, 0.15) is 5.82 Å². The predicted molar refractivity (Wildman–Crippen MR) is 122 cm³/mol. The first-order chi connectivity index (χ1) is 15.0. The highest BCUT2D eigenvalue weighted by Crippen LogP contribution is 2.28. The van der Waals surface area contributed by atoms with Crippen molar-refractivity contribution >= 4 is 22.7 Å². The lowest BCUT2D eigenvalue weighted by atomic mass is 9.97. The van der Waals surface area contributed by atoms with Crippen LogP contribution in [0.1, 0.15) is 39.5 Å². The maximum atomic E-state index is 12.5. The van der Waals surface area contributed by atoms with Gasteiger partial charge in [-0.2, -0.15) is 0 Å². The van der Waals surface area contributed by atoms with E-state index in [0.717, 1.165) is 44.6 Å². The Morgan fingerprint density at radius 3 is 2.71 bits per heavy atom. The number of carbonyl (C=O) groups excluding carboxylic acids is 1. The van der Waals surface area contributed by atoms with Crippen LogP contribution >= 0.6 is 0 Å². The molecule has 31 heavy (non-hydrogen) atoms. The van der Waals surface area contributed by atoms with E-state index in [0.29, 0.717) is 13.2 Å². The standard InChI is InChI=1S/C24H34N4O3/c1-17(2)31-24(29)28-13-5-8-21(25)22(28)16-30-19-10-14-27(15-11-19)23-20-7-4-3-6-18(20)9-12-26-23/h3-4,6-7,9,12,17,19,21-22H,5,8,10-11,13-16,25H2,1-2H3/t21-,22-/m0/s1. The van der Waals surface area contributed by atoms with Crippen molar-refractivity contribution in [3.63, 3.8) is 0 Å². The molecule has 2 fully saturated rings. The maximum absolute atomic E-state index is 12.5. The van der Waals surface area contributed by atoms with Gasteiger partial charge < -0.3 is 25.0 Å². The molecule has 0 spiro atoms. The highest BCUT2D eigenvalue weighted by molar-refractivity contribution is 5.92. The van der Waals surface area contributed by atoms with Crippen LogP contribution in [0, 0.1) is 0 Å². The zero-order valence-electron chi connectivity index (χ0n) is 18.6. The number of likely N-dealkylation sites (tertiary alicyclic amines) is 1. The molecule has 7 heteroatoms. The second kappa shape index (κ2) is 9.83. The van der Waals surface area contributed by atoms with Gasteiger partial charge >= 0.3 is 6.09 Å². The van der Waals surface area contributed by atoms with Crippen molar-refractivity contribution < 1.29 is 14.3 Å². The van der Waals surface area contributed by atoms with Crippen LogP contribution in [0.3, 0.4) is 0 Å². The molecule has 0 aliphatic carbocycles. The minimum absolute atomic E-state index is 0.0755. The van der Waals surface area contributed by atoms with Gasteiger partial charge in [-0.25, -0.2) is 9.78 Å². The minimum atomic E-state index is -0.282. The Bertz CT molecular complexity index is 877. The van der Waals surface area contributed by atoms with Gasteiger partial charge in [0.25, 0.3) is 0 Å². The normalized spacial score (nSPS) is 22.8. The molecule has 2 aliphatic heterocycles. The molecular formula is C24H34N4O3. The molecule has 1 aromatic heterocycles. The predicted octanol–water partition coefficient (Wildman–Crippen LogP) is 3.56. The molecule has 0 saturated carbocycles. The number of rotatable bonds is 5. The topological polar surface area (TPSA) is 80.9 Å². The van der Waals surface area contributed by atoms with Crippen LogP contribution in [-0.2, 0) is 9.47 Å². The summed E-state index contributed by atoms with van der Waals surface area (Å²) in [5, 5.41) is 2.40. The SMILES string of the molecule is CC(C)OC(=O)N1CCC[C@H](N)[C@@H]1COC1CCN(c2nccc3ccccc23)CC1. The van der Waals surface area contributed by atoms with Gasteiger partial charge in [0, 0.05) is 37.3 Å². The molecule has 3 heterocycles. The van der Waals surface area contributed by atoms with Crippen molar-refractivity contribution in [2.75, 3.05) is 31.1 Å². The van der Waals surface area contributed by atoms with Crippen molar-refractivity contribution in [1.29, 1.82) is 0 Å². The average Bonchev–Trinajstić information content (AvgIpc) is 2.77. The summed E-state index contributed by atoms with van der Waals surface area (Å²) in [5.74, 6) is 1.05. The van der Waals surface area contributed by atoms with Gasteiger partial charge in [-0.1, -0.05) is 24.3 Å². The van der Waals surface area contributed by atoms with Gasteiger partial charge in [-0.05, 0) is 51.0 Å². The molecule has 168 valence electrons. The van der Waals surface area contributed by atoms with Crippen molar-refractivity contribution in [2.24, 2.45) is 5.73 Å². The number of hydrogen-bond acceptors (Lipinski definition) is 6. The lowest BCUT2D eigenvalue weighted by Crippen LogP contribution is -2.57. The van der Waals surface area contributed by atoms with E-state index in [-0.39, 0.29) is 30.4 Å². The first-order valence-electron chi connectivity index (χ1n) is 11.5. The summed E-state index contributed by atoms with van der Waals surface area (Å²) < 4.78 is 11.7. The van der Waals surface area contributed by atoms with Crippen molar-refractivity contribution in [3.8, 4) is 0 Å². The average molecular weight is 427 g/mol. The Morgan fingerprint density at radius 2 is 1.94 bits per heavy atom. The summed E-state index contributed by atoms with van der Waals surface area (Å²) in [6, 6.07) is 10.2. The number of hydrogen-bond donors (Lipinski definition) is 1. The molecule has 2 saturated heterocycles. The molecular weight excluding hydrogens is 392 g/mol. The van der Waals surface area contributed by atoms with Crippen LogP contribution in [0.2, 0.25) is 0 Å². The number of anilines is 1. The number of benzene rings is 1. The van der Waals surface area contributed by atoms with Crippen molar-refractivity contribution in [2.45, 2.75) is 63.8 Å². The summed E-state index contributed by atoms with van der Waals surface area (Å²) in [6.07, 6.45) is 5.31. The van der Waals surface area contributed by atoms with Gasteiger partial charge in [-0.3, -0.25) is 0 Å².